The number of ether oxygens (including phenoxy) is 1. The van der Waals surface area contributed by atoms with Gasteiger partial charge in [-0.15, -0.1) is 0 Å². The Morgan fingerprint density at radius 2 is 1.93 bits per heavy atom. The number of pyridine rings is 1. The summed E-state index contributed by atoms with van der Waals surface area (Å²) in [4.78, 5) is 7.58. The standard InChI is InChI=1S/C24H35N3O/c1-4-18(3)25-24-20-10-7-9-19(20)21-15-17(2)23(16-22(21)26-24)28-14-8-13-27-11-5-6-12-27/h15-16,18H,4-14H2,1-3H3,(H,25,26)/t18-/m0/s1. The van der Waals surface area contributed by atoms with E-state index < -0.39 is 0 Å². The first-order valence-corrected chi connectivity index (χ1v) is 11.2. The number of hydrogen-bond acceptors (Lipinski definition) is 4. The van der Waals surface area contributed by atoms with E-state index in [-0.39, 0.29) is 0 Å². The van der Waals surface area contributed by atoms with Crippen molar-refractivity contribution in [3.63, 3.8) is 0 Å². The predicted octanol–water partition coefficient (Wildman–Crippen LogP) is 5.11. The van der Waals surface area contributed by atoms with Gasteiger partial charge in [-0.3, -0.25) is 0 Å². The van der Waals surface area contributed by atoms with Crippen molar-refractivity contribution in [3.8, 4) is 5.75 Å². The van der Waals surface area contributed by atoms with Crippen LogP contribution in [-0.4, -0.2) is 42.2 Å². The molecule has 28 heavy (non-hydrogen) atoms. The molecular formula is C24H35N3O. The van der Waals surface area contributed by atoms with Gasteiger partial charge < -0.3 is 15.0 Å². The summed E-state index contributed by atoms with van der Waals surface area (Å²) in [7, 11) is 0. The number of benzene rings is 1. The Kier molecular flexibility index (Phi) is 6.05. The lowest BCUT2D eigenvalue weighted by Gasteiger charge is -2.18. The molecule has 4 heteroatoms. The predicted molar refractivity (Wildman–Crippen MR) is 118 cm³/mol. The van der Waals surface area contributed by atoms with E-state index in [1.54, 1.807) is 0 Å². The monoisotopic (exact) mass is 381 g/mol. The Labute approximate surface area is 169 Å². The summed E-state index contributed by atoms with van der Waals surface area (Å²) in [5, 5.41) is 4.97. The normalized spacial score (nSPS) is 17.8. The summed E-state index contributed by atoms with van der Waals surface area (Å²) in [6.07, 6.45) is 8.45. The molecule has 152 valence electrons. The van der Waals surface area contributed by atoms with Gasteiger partial charge in [0.25, 0.3) is 0 Å². The van der Waals surface area contributed by atoms with Crippen LogP contribution in [0.1, 0.15) is 62.6 Å². The van der Waals surface area contributed by atoms with E-state index in [9.17, 15) is 0 Å². The van der Waals surface area contributed by atoms with Gasteiger partial charge in [-0.05, 0) is 94.6 Å². The van der Waals surface area contributed by atoms with Crippen LogP contribution >= 0.6 is 0 Å². The van der Waals surface area contributed by atoms with Crippen LogP contribution in [0.3, 0.4) is 0 Å². The van der Waals surface area contributed by atoms with E-state index in [4.69, 9.17) is 9.72 Å². The van der Waals surface area contributed by atoms with Crippen LogP contribution in [0.25, 0.3) is 10.9 Å². The highest BCUT2D eigenvalue weighted by Crippen LogP contribution is 2.36. The SMILES string of the molecule is CC[C@H](C)Nc1nc2cc(OCCCN3CCCC3)c(C)cc2c2c1CCC2. The molecule has 4 rings (SSSR count). The minimum atomic E-state index is 0.446. The molecule has 2 aromatic rings. The zero-order valence-electron chi connectivity index (χ0n) is 17.8. The number of fused-ring (bicyclic) bond motifs is 3. The second-order valence-corrected chi connectivity index (χ2v) is 8.61. The van der Waals surface area contributed by atoms with E-state index in [1.807, 2.05) is 0 Å². The second-order valence-electron chi connectivity index (χ2n) is 8.61. The summed E-state index contributed by atoms with van der Waals surface area (Å²) >= 11 is 0. The summed E-state index contributed by atoms with van der Waals surface area (Å²) < 4.78 is 6.18. The Morgan fingerprint density at radius 3 is 2.71 bits per heavy atom. The van der Waals surface area contributed by atoms with Gasteiger partial charge in [0.1, 0.15) is 11.6 Å². The summed E-state index contributed by atoms with van der Waals surface area (Å²) in [5.74, 6) is 2.09. The Balaban J connectivity index is 1.53. The third kappa shape index (κ3) is 4.12. The number of nitrogens with one attached hydrogen (secondary N) is 1. The van der Waals surface area contributed by atoms with Gasteiger partial charge >= 0.3 is 0 Å². The molecular weight excluding hydrogens is 346 g/mol. The number of likely N-dealkylation sites (tertiary alicyclic amines) is 1. The van der Waals surface area contributed by atoms with Gasteiger partial charge in [0.05, 0.1) is 12.1 Å². The largest absolute Gasteiger partial charge is 0.493 e. The van der Waals surface area contributed by atoms with Crippen molar-refractivity contribution in [2.24, 2.45) is 0 Å². The van der Waals surface area contributed by atoms with E-state index in [2.05, 4.69) is 43.1 Å². The third-order valence-electron chi connectivity index (χ3n) is 6.42. The number of anilines is 1. The lowest BCUT2D eigenvalue weighted by atomic mass is 10.0. The number of rotatable bonds is 8. The fourth-order valence-electron chi connectivity index (χ4n) is 4.59. The number of aryl methyl sites for hydroxylation is 2. The summed E-state index contributed by atoms with van der Waals surface area (Å²) in [6, 6.07) is 4.91. The molecule has 1 aromatic heterocycles. The molecule has 2 aliphatic rings. The summed E-state index contributed by atoms with van der Waals surface area (Å²) in [6.45, 7) is 11.1. The zero-order chi connectivity index (χ0) is 19.5. The van der Waals surface area contributed by atoms with Crippen molar-refractivity contribution in [2.45, 2.75) is 71.8 Å². The molecule has 0 saturated carbocycles. The quantitative estimate of drug-likeness (QED) is 0.645. The molecule has 1 N–H and O–H groups in total. The van der Waals surface area contributed by atoms with Crippen LogP contribution in [-0.2, 0) is 12.8 Å². The van der Waals surface area contributed by atoms with Crippen molar-refractivity contribution < 1.29 is 4.74 Å². The highest BCUT2D eigenvalue weighted by Gasteiger charge is 2.21. The molecule has 0 radical (unpaired) electrons. The van der Waals surface area contributed by atoms with Crippen LogP contribution < -0.4 is 10.1 Å². The smallest absolute Gasteiger partial charge is 0.130 e. The fraction of sp³-hybridized carbons (Fsp3) is 0.625. The van der Waals surface area contributed by atoms with Gasteiger partial charge in [0, 0.05) is 24.0 Å². The molecule has 1 aliphatic carbocycles. The summed E-state index contributed by atoms with van der Waals surface area (Å²) in [5.41, 5.74) is 5.24. The lowest BCUT2D eigenvalue weighted by Crippen LogP contribution is -2.22. The van der Waals surface area contributed by atoms with E-state index in [1.165, 1.54) is 60.8 Å². The van der Waals surface area contributed by atoms with Gasteiger partial charge in [0.15, 0.2) is 0 Å². The maximum absolute atomic E-state index is 6.18. The fourth-order valence-corrected chi connectivity index (χ4v) is 4.59. The van der Waals surface area contributed by atoms with Gasteiger partial charge in [0.2, 0.25) is 0 Å². The number of hydrogen-bond donors (Lipinski definition) is 1. The first kappa shape index (κ1) is 19.5. The second kappa shape index (κ2) is 8.69. The molecule has 1 aliphatic heterocycles. The van der Waals surface area contributed by atoms with Crippen LogP contribution in [0.5, 0.6) is 5.75 Å². The molecule has 1 aromatic carbocycles. The zero-order valence-corrected chi connectivity index (χ0v) is 17.8. The lowest BCUT2D eigenvalue weighted by molar-refractivity contribution is 0.262. The molecule has 0 spiro atoms. The van der Waals surface area contributed by atoms with Crippen molar-refractivity contribution in [2.75, 3.05) is 31.6 Å². The molecule has 0 amide bonds. The van der Waals surface area contributed by atoms with E-state index in [0.717, 1.165) is 49.5 Å². The Hall–Kier alpha value is -1.81. The van der Waals surface area contributed by atoms with E-state index in [0.29, 0.717) is 6.04 Å². The number of nitrogens with zero attached hydrogens (tertiary/aromatic N) is 2. The number of aromatic nitrogens is 1. The Bertz CT molecular complexity index is 826. The van der Waals surface area contributed by atoms with Crippen molar-refractivity contribution in [1.29, 1.82) is 0 Å². The highest BCUT2D eigenvalue weighted by molar-refractivity contribution is 5.88. The minimum Gasteiger partial charge on any atom is -0.493 e. The average Bonchev–Trinajstić information content (AvgIpc) is 3.38. The first-order valence-electron chi connectivity index (χ1n) is 11.2. The maximum atomic E-state index is 6.18. The van der Waals surface area contributed by atoms with Crippen molar-refractivity contribution in [3.05, 3.63) is 28.8 Å². The molecule has 1 saturated heterocycles. The van der Waals surface area contributed by atoms with Crippen LogP contribution in [0, 0.1) is 6.92 Å². The van der Waals surface area contributed by atoms with E-state index >= 15 is 0 Å². The van der Waals surface area contributed by atoms with Crippen LogP contribution in [0.15, 0.2) is 12.1 Å². The molecule has 2 heterocycles. The molecule has 0 unspecified atom stereocenters. The first-order chi connectivity index (χ1) is 13.7. The average molecular weight is 382 g/mol. The Morgan fingerprint density at radius 1 is 1.14 bits per heavy atom. The van der Waals surface area contributed by atoms with Crippen molar-refractivity contribution in [1.82, 2.24) is 9.88 Å². The molecule has 1 atom stereocenters. The topological polar surface area (TPSA) is 37.4 Å². The molecule has 0 bridgehead atoms. The minimum absolute atomic E-state index is 0.446. The van der Waals surface area contributed by atoms with Crippen molar-refractivity contribution >= 4 is 16.7 Å². The maximum Gasteiger partial charge on any atom is 0.130 e. The molecule has 4 nitrogen and oxygen atoms in total. The van der Waals surface area contributed by atoms with Gasteiger partial charge in [-0.2, -0.15) is 0 Å². The van der Waals surface area contributed by atoms with Gasteiger partial charge in [-0.25, -0.2) is 4.98 Å². The van der Waals surface area contributed by atoms with Crippen LogP contribution in [0.4, 0.5) is 5.82 Å². The van der Waals surface area contributed by atoms with Gasteiger partial charge in [-0.1, -0.05) is 6.92 Å². The molecule has 1 fully saturated rings. The van der Waals surface area contributed by atoms with Crippen LogP contribution in [0.2, 0.25) is 0 Å². The highest BCUT2D eigenvalue weighted by atomic mass is 16.5. The third-order valence-corrected chi connectivity index (χ3v) is 6.42.